The molecule has 0 saturated carbocycles. The number of hydrogen-bond donors (Lipinski definition) is 3. The normalized spacial score (nSPS) is 13.1. The summed E-state index contributed by atoms with van der Waals surface area (Å²) in [6, 6.07) is 8.18. The van der Waals surface area contributed by atoms with Crippen molar-refractivity contribution in [2.24, 2.45) is 11.7 Å². The van der Waals surface area contributed by atoms with Crippen molar-refractivity contribution in [3.8, 4) is 0 Å². The average molecular weight is 303 g/mol. The highest BCUT2D eigenvalue weighted by atomic mass is 16.6. The molecule has 4 N–H and O–H groups in total. The number of alkyl carbamates (subject to hydrolysis) is 1. The molecule has 0 aliphatic rings. The Morgan fingerprint density at radius 2 is 2.09 bits per heavy atom. The lowest BCUT2D eigenvalue weighted by atomic mass is 9.99. The first-order valence-electron chi connectivity index (χ1n) is 7.61. The predicted octanol–water partition coefficient (Wildman–Crippen LogP) is 2.81. The molecule has 0 saturated heterocycles. The maximum Gasteiger partial charge on any atom is 0.407 e. The van der Waals surface area contributed by atoms with Gasteiger partial charge >= 0.3 is 6.09 Å². The maximum atomic E-state index is 11.7. The number of hydrogen-bond acceptors (Lipinski definition) is 3. The third-order valence-electron chi connectivity index (χ3n) is 3.45. The van der Waals surface area contributed by atoms with Crippen LogP contribution in [0.15, 0.2) is 30.5 Å². The number of aromatic amines is 1. The molecule has 22 heavy (non-hydrogen) atoms. The summed E-state index contributed by atoms with van der Waals surface area (Å²) >= 11 is 0. The molecule has 1 aromatic carbocycles. The molecule has 1 unspecified atom stereocenters. The summed E-state index contributed by atoms with van der Waals surface area (Å²) in [5.41, 5.74) is 7.70. The zero-order chi connectivity index (χ0) is 16.2. The minimum atomic E-state index is -0.487. The van der Waals surface area contributed by atoms with E-state index in [0.29, 0.717) is 13.1 Å². The molecular weight excluding hydrogens is 278 g/mol. The summed E-state index contributed by atoms with van der Waals surface area (Å²) < 4.78 is 5.24. The Bertz CT molecular complexity index is 628. The van der Waals surface area contributed by atoms with E-state index in [-0.39, 0.29) is 5.92 Å². The van der Waals surface area contributed by atoms with Crippen molar-refractivity contribution in [2.45, 2.75) is 32.8 Å². The fraction of sp³-hybridized carbons (Fsp3) is 0.471. The van der Waals surface area contributed by atoms with Crippen LogP contribution in [-0.2, 0) is 11.2 Å². The van der Waals surface area contributed by atoms with Gasteiger partial charge in [-0.05, 0) is 51.3 Å². The topological polar surface area (TPSA) is 80.1 Å². The van der Waals surface area contributed by atoms with Gasteiger partial charge in [-0.15, -0.1) is 0 Å². The number of fused-ring (bicyclic) bond motifs is 1. The Kier molecular flexibility index (Phi) is 5.08. The molecular formula is C17H25N3O2. The van der Waals surface area contributed by atoms with Gasteiger partial charge in [-0.2, -0.15) is 0 Å². The highest BCUT2D eigenvalue weighted by Gasteiger charge is 2.18. The monoisotopic (exact) mass is 303 g/mol. The molecule has 0 aliphatic carbocycles. The van der Waals surface area contributed by atoms with Crippen molar-refractivity contribution < 1.29 is 9.53 Å². The van der Waals surface area contributed by atoms with E-state index < -0.39 is 11.7 Å². The molecule has 5 heteroatoms. The van der Waals surface area contributed by atoms with Crippen molar-refractivity contribution in [3.63, 3.8) is 0 Å². The fourth-order valence-corrected chi connectivity index (χ4v) is 2.39. The van der Waals surface area contributed by atoms with E-state index in [1.165, 1.54) is 10.9 Å². The van der Waals surface area contributed by atoms with Crippen LogP contribution in [0.3, 0.4) is 0 Å². The summed E-state index contributed by atoms with van der Waals surface area (Å²) in [6.07, 6.45) is 2.43. The summed E-state index contributed by atoms with van der Waals surface area (Å²) in [7, 11) is 0. The second-order valence-electron chi connectivity index (χ2n) is 6.55. The van der Waals surface area contributed by atoms with Crippen molar-refractivity contribution >= 4 is 17.0 Å². The van der Waals surface area contributed by atoms with E-state index in [1.807, 2.05) is 39.1 Å². The van der Waals surface area contributed by atoms with Crippen LogP contribution in [0.25, 0.3) is 10.9 Å². The van der Waals surface area contributed by atoms with Gasteiger partial charge in [0.15, 0.2) is 0 Å². The largest absolute Gasteiger partial charge is 0.444 e. The Hall–Kier alpha value is -2.01. The summed E-state index contributed by atoms with van der Waals surface area (Å²) in [5.74, 6) is 0.173. The SMILES string of the molecule is CC(C)(C)OC(=O)NCC(CN)Cc1c[nH]c2ccccc12. The van der Waals surface area contributed by atoms with E-state index in [2.05, 4.69) is 22.4 Å². The zero-order valence-corrected chi connectivity index (χ0v) is 13.5. The molecule has 0 fully saturated rings. The van der Waals surface area contributed by atoms with Gasteiger partial charge < -0.3 is 20.8 Å². The molecule has 2 rings (SSSR count). The third-order valence-corrected chi connectivity index (χ3v) is 3.45. The Morgan fingerprint density at radius 3 is 2.77 bits per heavy atom. The Balaban J connectivity index is 1.94. The van der Waals surface area contributed by atoms with Gasteiger partial charge in [-0.25, -0.2) is 4.79 Å². The molecule has 2 aromatic rings. The molecule has 1 heterocycles. The highest BCUT2D eigenvalue weighted by molar-refractivity contribution is 5.83. The lowest BCUT2D eigenvalue weighted by Gasteiger charge is -2.21. The van der Waals surface area contributed by atoms with Crippen LogP contribution in [0, 0.1) is 5.92 Å². The summed E-state index contributed by atoms with van der Waals surface area (Å²) in [4.78, 5) is 15.0. The summed E-state index contributed by atoms with van der Waals surface area (Å²) in [5, 5.41) is 4.01. The first-order chi connectivity index (χ1) is 10.4. The van der Waals surface area contributed by atoms with E-state index in [9.17, 15) is 4.79 Å². The minimum Gasteiger partial charge on any atom is -0.444 e. The van der Waals surface area contributed by atoms with Crippen molar-refractivity contribution in [1.82, 2.24) is 10.3 Å². The maximum absolute atomic E-state index is 11.7. The molecule has 0 spiro atoms. The van der Waals surface area contributed by atoms with Gasteiger partial charge in [0, 0.05) is 23.6 Å². The van der Waals surface area contributed by atoms with E-state index in [4.69, 9.17) is 10.5 Å². The molecule has 1 atom stereocenters. The number of ether oxygens (including phenoxy) is 1. The van der Waals surface area contributed by atoms with Gasteiger partial charge in [0.1, 0.15) is 5.60 Å². The van der Waals surface area contributed by atoms with Crippen LogP contribution in [0.4, 0.5) is 4.79 Å². The molecule has 5 nitrogen and oxygen atoms in total. The number of amides is 1. The van der Waals surface area contributed by atoms with E-state index >= 15 is 0 Å². The second-order valence-corrected chi connectivity index (χ2v) is 6.55. The number of H-pyrrole nitrogens is 1. The predicted molar refractivity (Wildman–Crippen MR) is 88.8 cm³/mol. The third kappa shape index (κ3) is 4.49. The van der Waals surface area contributed by atoms with Crippen LogP contribution in [0.1, 0.15) is 26.3 Å². The van der Waals surface area contributed by atoms with Crippen LogP contribution in [0.5, 0.6) is 0 Å². The lowest BCUT2D eigenvalue weighted by Crippen LogP contribution is -2.37. The average Bonchev–Trinajstić information content (AvgIpc) is 2.85. The number of aromatic nitrogens is 1. The van der Waals surface area contributed by atoms with E-state index in [0.717, 1.165) is 11.9 Å². The molecule has 1 amide bonds. The Morgan fingerprint density at radius 1 is 1.36 bits per heavy atom. The zero-order valence-electron chi connectivity index (χ0n) is 13.5. The number of carbonyl (C=O) groups excluding carboxylic acids is 1. The number of para-hydroxylation sites is 1. The Labute approximate surface area is 131 Å². The van der Waals surface area contributed by atoms with Crippen molar-refractivity contribution in [3.05, 3.63) is 36.0 Å². The van der Waals surface area contributed by atoms with Gasteiger partial charge in [-0.3, -0.25) is 0 Å². The molecule has 0 radical (unpaired) electrons. The first-order valence-corrected chi connectivity index (χ1v) is 7.61. The van der Waals surface area contributed by atoms with Crippen LogP contribution >= 0.6 is 0 Å². The molecule has 0 aliphatic heterocycles. The fourth-order valence-electron chi connectivity index (χ4n) is 2.39. The van der Waals surface area contributed by atoms with Crippen LogP contribution in [0.2, 0.25) is 0 Å². The van der Waals surface area contributed by atoms with Gasteiger partial charge in [0.2, 0.25) is 0 Å². The molecule has 120 valence electrons. The van der Waals surface area contributed by atoms with Gasteiger partial charge in [-0.1, -0.05) is 18.2 Å². The highest BCUT2D eigenvalue weighted by Crippen LogP contribution is 2.20. The first kappa shape index (κ1) is 16.4. The molecule has 1 aromatic heterocycles. The number of benzene rings is 1. The number of carbonyl (C=O) groups is 1. The molecule has 0 bridgehead atoms. The number of rotatable bonds is 5. The summed E-state index contributed by atoms with van der Waals surface area (Å²) in [6.45, 7) is 6.55. The number of nitrogens with two attached hydrogens (primary N) is 1. The lowest BCUT2D eigenvalue weighted by molar-refractivity contribution is 0.0520. The minimum absolute atomic E-state index is 0.173. The quantitative estimate of drug-likeness (QED) is 0.794. The second kappa shape index (κ2) is 6.83. The van der Waals surface area contributed by atoms with Gasteiger partial charge in [0.05, 0.1) is 0 Å². The van der Waals surface area contributed by atoms with Gasteiger partial charge in [0.25, 0.3) is 0 Å². The number of nitrogens with one attached hydrogen (secondary N) is 2. The standard InChI is InChI=1S/C17H25N3O2/c1-17(2,3)22-16(21)20-10-12(9-18)8-13-11-19-15-7-5-4-6-14(13)15/h4-7,11-12,19H,8-10,18H2,1-3H3,(H,20,21). The van der Waals surface area contributed by atoms with Crippen molar-refractivity contribution in [2.75, 3.05) is 13.1 Å². The smallest absolute Gasteiger partial charge is 0.407 e. The van der Waals surface area contributed by atoms with E-state index in [1.54, 1.807) is 0 Å². The van der Waals surface area contributed by atoms with Crippen LogP contribution in [-0.4, -0.2) is 29.8 Å². The van der Waals surface area contributed by atoms with Crippen LogP contribution < -0.4 is 11.1 Å². The van der Waals surface area contributed by atoms with Crippen molar-refractivity contribution in [1.29, 1.82) is 0 Å².